The SMILES string of the molecule is Br.NS(=O)(=O)c1nn2c(Br)c(-c3ccccn3)nc2s1. The van der Waals surface area contributed by atoms with Crippen molar-refractivity contribution in [1.29, 1.82) is 0 Å². The van der Waals surface area contributed by atoms with Crippen molar-refractivity contribution >= 4 is 59.2 Å². The molecule has 0 saturated heterocycles. The van der Waals surface area contributed by atoms with Crippen LogP contribution in [0.25, 0.3) is 16.3 Å². The average Bonchev–Trinajstić information content (AvgIpc) is 2.90. The third-order valence-corrected chi connectivity index (χ3v) is 5.21. The largest absolute Gasteiger partial charge is 0.267 e. The summed E-state index contributed by atoms with van der Waals surface area (Å²) in [7, 11) is -3.82. The van der Waals surface area contributed by atoms with E-state index in [1.807, 2.05) is 6.07 Å². The second kappa shape index (κ2) is 5.48. The Morgan fingerprint density at radius 2 is 2.10 bits per heavy atom. The van der Waals surface area contributed by atoms with E-state index < -0.39 is 10.0 Å². The lowest BCUT2D eigenvalue weighted by Crippen LogP contribution is -2.12. The molecule has 3 aromatic rings. The van der Waals surface area contributed by atoms with Gasteiger partial charge >= 0.3 is 0 Å². The number of aromatic nitrogens is 4. The van der Waals surface area contributed by atoms with Gasteiger partial charge in [0.2, 0.25) is 9.30 Å². The third-order valence-electron chi connectivity index (χ3n) is 2.28. The standard InChI is InChI=1S/C9H6BrN5O2S2.BrH/c10-7-6(5-3-1-2-4-12-5)13-8-15(7)14-9(18-8)19(11,16)17;/h1-4H,(H2,11,16,17);1H. The fraction of sp³-hybridized carbons (Fsp3) is 0. The summed E-state index contributed by atoms with van der Waals surface area (Å²) in [5.74, 6) is 0. The summed E-state index contributed by atoms with van der Waals surface area (Å²) in [5, 5.41) is 8.95. The predicted octanol–water partition coefficient (Wildman–Crippen LogP) is 1.84. The molecule has 0 aliphatic rings. The van der Waals surface area contributed by atoms with Crippen LogP contribution in [0.5, 0.6) is 0 Å². The van der Waals surface area contributed by atoms with Gasteiger partial charge in [-0.25, -0.2) is 18.5 Å². The van der Waals surface area contributed by atoms with Gasteiger partial charge in [-0.15, -0.1) is 22.1 Å². The number of fused-ring (bicyclic) bond motifs is 1. The van der Waals surface area contributed by atoms with Crippen LogP contribution in [0.2, 0.25) is 0 Å². The minimum Gasteiger partial charge on any atom is -0.255 e. The van der Waals surface area contributed by atoms with Gasteiger partial charge in [-0.05, 0) is 28.1 Å². The number of halogens is 2. The van der Waals surface area contributed by atoms with E-state index in [1.165, 1.54) is 4.52 Å². The maximum Gasteiger partial charge on any atom is 0.267 e. The van der Waals surface area contributed by atoms with Crippen LogP contribution in [0.3, 0.4) is 0 Å². The molecule has 0 aliphatic carbocycles. The van der Waals surface area contributed by atoms with E-state index in [4.69, 9.17) is 5.14 Å². The molecule has 0 aliphatic heterocycles. The molecular weight excluding hydrogens is 434 g/mol. The van der Waals surface area contributed by atoms with E-state index in [0.29, 0.717) is 21.0 Å². The molecule has 0 aromatic carbocycles. The highest BCUT2D eigenvalue weighted by atomic mass is 79.9. The number of primary sulfonamides is 1. The Morgan fingerprint density at radius 3 is 2.65 bits per heavy atom. The van der Waals surface area contributed by atoms with Gasteiger partial charge in [-0.2, -0.15) is 4.52 Å². The molecule has 0 fully saturated rings. The Morgan fingerprint density at radius 1 is 1.35 bits per heavy atom. The molecular formula is C9H7Br2N5O2S2. The molecule has 3 heterocycles. The molecule has 0 spiro atoms. The smallest absolute Gasteiger partial charge is 0.255 e. The van der Waals surface area contributed by atoms with Gasteiger partial charge in [-0.1, -0.05) is 17.4 Å². The topological polar surface area (TPSA) is 103 Å². The number of imidazole rings is 1. The van der Waals surface area contributed by atoms with Crippen molar-refractivity contribution in [1.82, 2.24) is 19.6 Å². The van der Waals surface area contributed by atoms with Gasteiger partial charge in [0.25, 0.3) is 10.0 Å². The highest BCUT2D eigenvalue weighted by molar-refractivity contribution is 9.10. The molecule has 0 bridgehead atoms. The molecule has 0 saturated carbocycles. The van der Waals surface area contributed by atoms with Crippen molar-refractivity contribution in [2.75, 3.05) is 0 Å². The van der Waals surface area contributed by atoms with Crippen molar-refractivity contribution in [3.05, 3.63) is 29.0 Å². The lowest BCUT2D eigenvalue weighted by molar-refractivity contribution is 0.595. The van der Waals surface area contributed by atoms with E-state index in [9.17, 15) is 8.42 Å². The summed E-state index contributed by atoms with van der Waals surface area (Å²) in [6.07, 6.45) is 1.65. The number of hydrogen-bond donors (Lipinski definition) is 1. The Labute approximate surface area is 136 Å². The van der Waals surface area contributed by atoms with Crippen molar-refractivity contribution in [2.45, 2.75) is 4.34 Å². The summed E-state index contributed by atoms with van der Waals surface area (Å²) in [6.45, 7) is 0. The van der Waals surface area contributed by atoms with Gasteiger partial charge in [0, 0.05) is 6.20 Å². The minimum absolute atomic E-state index is 0. The first-order chi connectivity index (χ1) is 8.97. The van der Waals surface area contributed by atoms with Gasteiger partial charge in [0.05, 0.1) is 5.69 Å². The van der Waals surface area contributed by atoms with E-state index in [-0.39, 0.29) is 21.3 Å². The predicted molar refractivity (Wildman–Crippen MR) is 83.5 cm³/mol. The lowest BCUT2D eigenvalue weighted by atomic mass is 10.3. The minimum atomic E-state index is -3.82. The van der Waals surface area contributed by atoms with Crippen molar-refractivity contribution < 1.29 is 8.42 Å². The fourth-order valence-electron chi connectivity index (χ4n) is 1.49. The maximum atomic E-state index is 11.2. The molecule has 0 unspecified atom stereocenters. The second-order valence-electron chi connectivity index (χ2n) is 3.57. The number of rotatable bonds is 2. The van der Waals surface area contributed by atoms with Crippen LogP contribution in [-0.4, -0.2) is 28.0 Å². The fourth-order valence-corrected chi connectivity index (χ4v) is 3.66. The first-order valence-corrected chi connectivity index (χ1v) is 8.11. The summed E-state index contributed by atoms with van der Waals surface area (Å²) >= 11 is 4.24. The van der Waals surface area contributed by atoms with Crippen LogP contribution in [0.15, 0.2) is 33.3 Å². The zero-order valence-electron chi connectivity index (χ0n) is 9.59. The van der Waals surface area contributed by atoms with E-state index in [1.54, 1.807) is 18.3 Å². The van der Waals surface area contributed by atoms with Crippen LogP contribution in [-0.2, 0) is 10.0 Å². The van der Waals surface area contributed by atoms with E-state index >= 15 is 0 Å². The molecule has 3 rings (SSSR count). The van der Waals surface area contributed by atoms with Crippen molar-refractivity contribution in [3.63, 3.8) is 0 Å². The normalized spacial score (nSPS) is 11.5. The van der Waals surface area contributed by atoms with Crippen LogP contribution in [0, 0.1) is 0 Å². The zero-order chi connectivity index (χ0) is 13.6. The molecule has 0 radical (unpaired) electrons. The first kappa shape index (κ1) is 15.5. The third kappa shape index (κ3) is 2.63. The first-order valence-electron chi connectivity index (χ1n) is 4.96. The Bertz CT molecular complexity index is 859. The highest BCUT2D eigenvalue weighted by Crippen LogP contribution is 2.30. The number of hydrogen-bond acceptors (Lipinski definition) is 6. The van der Waals surface area contributed by atoms with Crippen LogP contribution in [0.1, 0.15) is 0 Å². The number of sulfonamides is 1. The van der Waals surface area contributed by atoms with Gasteiger partial charge in [0.15, 0.2) is 0 Å². The summed E-state index contributed by atoms with van der Waals surface area (Å²) < 4.78 is 24.2. The molecule has 0 amide bonds. The number of pyridine rings is 1. The Kier molecular flexibility index (Phi) is 4.25. The summed E-state index contributed by atoms with van der Waals surface area (Å²) in [5.41, 5.74) is 1.27. The highest BCUT2D eigenvalue weighted by Gasteiger charge is 2.21. The van der Waals surface area contributed by atoms with E-state index in [2.05, 4.69) is 31.0 Å². The molecule has 20 heavy (non-hydrogen) atoms. The van der Waals surface area contributed by atoms with Gasteiger partial charge < -0.3 is 0 Å². The second-order valence-corrected chi connectivity index (χ2v) is 7.02. The van der Waals surface area contributed by atoms with Crippen LogP contribution in [0.4, 0.5) is 0 Å². The van der Waals surface area contributed by atoms with Crippen molar-refractivity contribution in [3.8, 4) is 11.4 Å². The Hall–Kier alpha value is -0.880. The monoisotopic (exact) mass is 439 g/mol. The van der Waals surface area contributed by atoms with Crippen LogP contribution < -0.4 is 5.14 Å². The summed E-state index contributed by atoms with van der Waals surface area (Å²) in [4.78, 5) is 8.92. The van der Waals surface area contributed by atoms with Crippen molar-refractivity contribution in [2.24, 2.45) is 5.14 Å². The molecule has 11 heteroatoms. The maximum absolute atomic E-state index is 11.2. The zero-order valence-corrected chi connectivity index (χ0v) is 14.5. The van der Waals surface area contributed by atoms with Gasteiger partial charge in [-0.3, -0.25) is 4.98 Å². The van der Waals surface area contributed by atoms with E-state index in [0.717, 1.165) is 11.3 Å². The molecule has 0 atom stereocenters. The van der Waals surface area contributed by atoms with Crippen LogP contribution >= 0.6 is 44.2 Å². The quantitative estimate of drug-likeness (QED) is 0.654. The molecule has 7 nitrogen and oxygen atoms in total. The summed E-state index contributed by atoms with van der Waals surface area (Å²) in [6, 6.07) is 5.44. The lowest BCUT2D eigenvalue weighted by Gasteiger charge is -1.95. The van der Waals surface area contributed by atoms with Gasteiger partial charge in [0.1, 0.15) is 10.3 Å². The average molecular weight is 441 g/mol. The number of nitrogens with two attached hydrogens (primary N) is 1. The molecule has 3 aromatic heterocycles. The Balaban J connectivity index is 0.00000147. The number of nitrogens with zero attached hydrogens (tertiary/aromatic N) is 4. The molecule has 2 N–H and O–H groups in total. The molecule has 106 valence electrons.